The predicted octanol–water partition coefficient (Wildman–Crippen LogP) is 17.0. The monoisotopic (exact) mass is 786 g/mol. The summed E-state index contributed by atoms with van der Waals surface area (Å²) in [5.74, 6) is 0. The molecule has 0 saturated heterocycles. The van der Waals surface area contributed by atoms with Gasteiger partial charge in [0.05, 0.1) is 5.69 Å². The number of hydrogen-bond acceptors (Lipinski definition) is 2. The summed E-state index contributed by atoms with van der Waals surface area (Å²) in [7, 11) is 0. The maximum Gasteiger partial charge on any atom is 0.0733 e. The molecule has 10 rings (SSSR count). The van der Waals surface area contributed by atoms with Crippen LogP contribution in [0.5, 0.6) is 0 Å². The van der Waals surface area contributed by atoms with Crippen molar-refractivity contribution in [2.75, 3.05) is 4.90 Å². The van der Waals surface area contributed by atoms with E-state index >= 15 is 0 Å². The second-order valence-electron chi connectivity index (χ2n) is 16.5. The maximum absolute atomic E-state index is 4.71. The molecule has 0 N–H and O–H groups in total. The molecule has 296 valence electrons. The fourth-order valence-corrected chi connectivity index (χ4v) is 9.47. The van der Waals surface area contributed by atoms with Gasteiger partial charge in [-0.1, -0.05) is 151 Å². The molecule has 61 heavy (non-hydrogen) atoms. The van der Waals surface area contributed by atoms with Gasteiger partial charge in [-0.15, -0.1) is 0 Å². The molecule has 2 heteroatoms. The Morgan fingerprint density at radius 1 is 0.475 bits per heavy atom. The lowest BCUT2D eigenvalue weighted by atomic mass is 9.86. The molecule has 0 atom stereocenters. The molecule has 8 aromatic rings. The summed E-state index contributed by atoms with van der Waals surface area (Å²) < 4.78 is 0. The molecular weight excluding hydrogens is 737 g/mol. The van der Waals surface area contributed by atoms with Crippen molar-refractivity contribution < 1.29 is 0 Å². The van der Waals surface area contributed by atoms with Crippen LogP contribution in [0.3, 0.4) is 0 Å². The van der Waals surface area contributed by atoms with Gasteiger partial charge >= 0.3 is 0 Å². The lowest BCUT2D eigenvalue weighted by molar-refractivity contribution is 0.674. The van der Waals surface area contributed by atoms with Crippen molar-refractivity contribution in [3.05, 3.63) is 211 Å². The Bertz CT molecular complexity index is 2970. The van der Waals surface area contributed by atoms with E-state index in [4.69, 9.17) is 4.99 Å². The first-order valence-electron chi connectivity index (χ1n) is 22.0. The fourth-order valence-electron chi connectivity index (χ4n) is 9.47. The average Bonchev–Trinajstić information content (AvgIpc) is 3.34. The largest absolute Gasteiger partial charge is 0.310 e. The highest BCUT2D eigenvalue weighted by atomic mass is 15.1. The van der Waals surface area contributed by atoms with Crippen LogP contribution in [0.25, 0.3) is 60.5 Å². The van der Waals surface area contributed by atoms with E-state index in [-0.39, 0.29) is 0 Å². The number of aryl methyl sites for hydroxylation is 1. The minimum Gasteiger partial charge on any atom is -0.310 e. The van der Waals surface area contributed by atoms with Crippen LogP contribution < -0.4 is 4.90 Å². The number of fused-ring (bicyclic) bond motifs is 2. The van der Waals surface area contributed by atoms with Crippen LogP contribution in [0.1, 0.15) is 56.1 Å². The van der Waals surface area contributed by atoms with Gasteiger partial charge in [-0.3, -0.25) is 4.99 Å². The first-order chi connectivity index (χ1) is 30.2. The Kier molecular flexibility index (Phi) is 10.8. The van der Waals surface area contributed by atoms with E-state index in [1.807, 2.05) is 0 Å². The van der Waals surface area contributed by atoms with Gasteiger partial charge in [0.1, 0.15) is 0 Å². The number of nitrogens with zero attached hydrogens (tertiary/aromatic N) is 2. The molecule has 8 aromatic carbocycles. The van der Waals surface area contributed by atoms with Crippen LogP contribution in [0.4, 0.5) is 22.7 Å². The minimum atomic E-state index is 0.943. The third kappa shape index (κ3) is 7.90. The molecule has 0 saturated carbocycles. The Morgan fingerprint density at radius 3 is 1.87 bits per heavy atom. The number of allylic oxidation sites excluding steroid dienone is 6. The molecule has 0 aromatic heterocycles. The zero-order chi connectivity index (χ0) is 41.0. The first kappa shape index (κ1) is 38.2. The molecule has 0 unspecified atom stereocenters. The molecule has 0 amide bonds. The minimum absolute atomic E-state index is 0.943. The second-order valence-corrected chi connectivity index (χ2v) is 16.5. The summed E-state index contributed by atoms with van der Waals surface area (Å²) in [4.78, 5) is 7.14. The van der Waals surface area contributed by atoms with Crippen LogP contribution in [0.2, 0.25) is 0 Å². The van der Waals surface area contributed by atoms with Crippen molar-refractivity contribution in [1.82, 2.24) is 0 Å². The molecule has 0 bridgehead atoms. The summed E-state index contributed by atoms with van der Waals surface area (Å²) in [6, 6.07) is 62.4. The van der Waals surface area contributed by atoms with Crippen molar-refractivity contribution in [2.45, 2.75) is 51.4 Å². The van der Waals surface area contributed by atoms with Crippen molar-refractivity contribution >= 4 is 56.6 Å². The number of benzene rings is 8. The molecule has 2 aliphatic carbocycles. The van der Waals surface area contributed by atoms with Crippen LogP contribution >= 0.6 is 0 Å². The molecule has 0 fully saturated rings. The zero-order valence-corrected chi connectivity index (χ0v) is 34.7. The average molecular weight is 787 g/mol. The Morgan fingerprint density at radius 2 is 1.13 bits per heavy atom. The van der Waals surface area contributed by atoms with Crippen LogP contribution in [-0.4, -0.2) is 6.72 Å². The van der Waals surface area contributed by atoms with Crippen LogP contribution in [0.15, 0.2) is 205 Å². The van der Waals surface area contributed by atoms with Crippen LogP contribution in [-0.2, 0) is 6.42 Å². The molecule has 0 spiro atoms. The number of aliphatic imine (C=N–C) groups is 1. The van der Waals surface area contributed by atoms with Gasteiger partial charge < -0.3 is 4.90 Å². The highest BCUT2D eigenvalue weighted by Crippen LogP contribution is 2.45. The SMILES string of the molecule is C=Nc1c(CCC2=CCCCC2)cc(-c2cc(N(c3ccc(-c4ccccc4)cc3)c3ccc4cc(-c5ccccc5)ccc4c3)ccc2C2=CCCC=C2)c2ccccc12. The van der Waals surface area contributed by atoms with E-state index in [2.05, 4.69) is 206 Å². The fraction of sp³-hybridized carbons (Fsp3) is 0.136. The lowest BCUT2D eigenvalue weighted by Crippen LogP contribution is -2.10. The standard InChI is InChI=1S/C59H50N2/c1-60-59-50(27-26-42-16-6-2-7-17-42)40-57(55-24-14-15-25-56(55)59)58-41-53(36-37-54(58)46-22-12-5-13-23-46)61(51-33-30-45(31-34-51)43-18-8-3-9-19-43)52-35-32-48-38-47(28-29-49(48)39-52)44-20-10-4-11-21-44/h3-4,8-12,14-16,18-25,28-41H,1-2,5-7,13,17,26-27H2. The first-order valence-corrected chi connectivity index (χ1v) is 22.0. The Hall–Kier alpha value is -7.03. The normalized spacial score (nSPS) is 13.8. The lowest BCUT2D eigenvalue weighted by Gasteiger charge is -2.28. The van der Waals surface area contributed by atoms with Gasteiger partial charge in [-0.2, -0.15) is 0 Å². The third-order valence-corrected chi connectivity index (χ3v) is 12.6. The molecule has 0 heterocycles. The van der Waals surface area contributed by atoms with Gasteiger partial charge in [0, 0.05) is 22.4 Å². The van der Waals surface area contributed by atoms with E-state index in [1.54, 1.807) is 5.57 Å². The summed E-state index contributed by atoms with van der Waals surface area (Å²) in [5.41, 5.74) is 17.0. The topological polar surface area (TPSA) is 15.6 Å². The van der Waals surface area contributed by atoms with E-state index < -0.39 is 0 Å². The van der Waals surface area contributed by atoms with Gasteiger partial charge in [0.2, 0.25) is 0 Å². The number of anilines is 3. The van der Waals surface area contributed by atoms with Crippen molar-refractivity contribution in [3.8, 4) is 33.4 Å². The molecule has 0 radical (unpaired) electrons. The highest BCUT2D eigenvalue weighted by molar-refractivity contribution is 6.07. The van der Waals surface area contributed by atoms with E-state index in [0.29, 0.717) is 0 Å². The van der Waals surface area contributed by atoms with E-state index in [9.17, 15) is 0 Å². The van der Waals surface area contributed by atoms with Gasteiger partial charge in [-0.25, -0.2) is 0 Å². The zero-order valence-electron chi connectivity index (χ0n) is 34.7. The second kappa shape index (κ2) is 17.3. The van der Waals surface area contributed by atoms with Gasteiger partial charge in [-0.05, 0) is 173 Å². The summed E-state index contributed by atoms with van der Waals surface area (Å²) in [5, 5.41) is 4.78. The molecular formula is C59H50N2. The molecule has 2 nitrogen and oxygen atoms in total. The van der Waals surface area contributed by atoms with Gasteiger partial charge in [0.25, 0.3) is 0 Å². The van der Waals surface area contributed by atoms with Crippen molar-refractivity contribution in [2.24, 2.45) is 4.99 Å². The summed E-state index contributed by atoms with van der Waals surface area (Å²) in [6.07, 6.45) is 18.6. The molecule has 0 aliphatic heterocycles. The van der Waals surface area contributed by atoms with Crippen LogP contribution in [0, 0.1) is 0 Å². The quantitative estimate of drug-likeness (QED) is 0.0942. The Labute approximate surface area is 360 Å². The summed E-state index contributed by atoms with van der Waals surface area (Å²) in [6.45, 7) is 4.11. The smallest absolute Gasteiger partial charge is 0.0733 e. The number of rotatable bonds is 11. The Balaban J connectivity index is 1.15. The third-order valence-electron chi connectivity index (χ3n) is 12.6. The number of hydrogen-bond donors (Lipinski definition) is 0. The van der Waals surface area contributed by atoms with Gasteiger partial charge in [0.15, 0.2) is 0 Å². The van der Waals surface area contributed by atoms with Crippen molar-refractivity contribution in [3.63, 3.8) is 0 Å². The van der Waals surface area contributed by atoms with Crippen molar-refractivity contribution in [1.29, 1.82) is 0 Å². The highest BCUT2D eigenvalue weighted by Gasteiger charge is 2.21. The van der Waals surface area contributed by atoms with E-state index in [0.717, 1.165) is 53.8 Å². The predicted molar refractivity (Wildman–Crippen MR) is 263 cm³/mol. The molecule has 2 aliphatic rings. The van der Waals surface area contributed by atoms with E-state index in [1.165, 1.54) is 91.9 Å². The summed E-state index contributed by atoms with van der Waals surface area (Å²) >= 11 is 0. The maximum atomic E-state index is 4.71.